The van der Waals surface area contributed by atoms with E-state index in [0.29, 0.717) is 17.6 Å². The van der Waals surface area contributed by atoms with Crippen molar-refractivity contribution >= 4 is 32.7 Å². The molecule has 8 nitrogen and oxygen atoms in total. The summed E-state index contributed by atoms with van der Waals surface area (Å²) in [4.78, 5) is 17.8. The summed E-state index contributed by atoms with van der Waals surface area (Å²) in [5, 5.41) is 3.15. The molecule has 1 aliphatic heterocycles. The van der Waals surface area contributed by atoms with Crippen LogP contribution in [0.25, 0.3) is 0 Å². The molecule has 1 aromatic rings. The first-order valence-corrected chi connectivity index (χ1v) is 8.83. The third-order valence-corrected chi connectivity index (χ3v) is 5.23. The normalized spacial score (nSPS) is 22.3. The number of hydrogen-bond acceptors (Lipinski definition) is 6. The molecular weight excluding hydrogens is 302 g/mol. The fourth-order valence-corrected chi connectivity index (χ4v) is 3.56. The number of sulfonamides is 1. The molecule has 2 heterocycles. The molecule has 2 N–H and O–H groups in total. The van der Waals surface area contributed by atoms with Crippen molar-refractivity contribution < 1.29 is 13.2 Å². The molecule has 2 aliphatic rings. The number of carbonyl (C=O) groups is 1. The van der Waals surface area contributed by atoms with Gasteiger partial charge in [-0.2, -0.15) is 4.37 Å². The first-order valence-electron chi connectivity index (χ1n) is 6.40. The fourth-order valence-electron chi connectivity index (χ4n) is 1.92. The Labute approximate surface area is 120 Å². The second-order valence-corrected chi connectivity index (χ2v) is 7.54. The van der Waals surface area contributed by atoms with E-state index in [9.17, 15) is 13.2 Å². The Balaban J connectivity index is 1.60. The van der Waals surface area contributed by atoms with Crippen LogP contribution in [0.3, 0.4) is 0 Å². The minimum Gasteiger partial charge on any atom is -0.322 e. The summed E-state index contributed by atoms with van der Waals surface area (Å²) in [7, 11) is -3.25. The number of nitrogens with zero attached hydrogens (tertiary/aromatic N) is 3. The Morgan fingerprint density at radius 3 is 2.95 bits per heavy atom. The number of hydrogen-bond donors (Lipinski definition) is 2. The topological polar surface area (TPSA) is 104 Å². The Bertz CT molecular complexity index is 610. The van der Waals surface area contributed by atoms with Crippen molar-refractivity contribution in [3.8, 4) is 0 Å². The zero-order chi connectivity index (χ0) is 14.2. The lowest BCUT2D eigenvalue weighted by Crippen LogP contribution is -2.38. The average molecular weight is 317 g/mol. The van der Waals surface area contributed by atoms with Crippen LogP contribution >= 0.6 is 11.5 Å². The zero-order valence-electron chi connectivity index (χ0n) is 10.7. The van der Waals surface area contributed by atoms with E-state index in [4.69, 9.17) is 0 Å². The Hall–Kier alpha value is -1.26. The van der Waals surface area contributed by atoms with Crippen LogP contribution in [0.2, 0.25) is 0 Å². The number of amides is 2. The van der Waals surface area contributed by atoms with Crippen LogP contribution in [0.5, 0.6) is 0 Å². The van der Waals surface area contributed by atoms with Crippen LogP contribution in [-0.2, 0) is 10.0 Å². The van der Waals surface area contributed by atoms with Gasteiger partial charge in [-0.25, -0.2) is 22.9 Å². The highest BCUT2D eigenvalue weighted by atomic mass is 32.2. The molecule has 0 unspecified atom stereocenters. The highest BCUT2D eigenvalue weighted by Gasteiger charge is 2.28. The summed E-state index contributed by atoms with van der Waals surface area (Å²) in [6, 6.07) is -0.331. The standard InChI is InChI=1S/C10H15N5O3S2/c16-10(15-4-3-11-20(17,18)6-5-15)13-9-12-8(14-19-9)7-1-2-7/h7,11H,1-6H2,(H,12,13,14,16). The molecule has 3 rings (SSSR count). The highest BCUT2D eigenvalue weighted by molar-refractivity contribution is 7.89. The van der Waals surface area contributed by atoms with Crippen LogP contribution in [-0.4, -0.2) is 54.1 Å². The van der Waals surface area contributed by atoms with Crippen molar-refractivity contribution in [2.24, 2.45) is 0 Å². The monoisotopic (exact) mass is 317 g/mol. The molecular formula is C10H15N5O3S2. The molecule has 110 valence electrons. The molecule has 0 spiro atoms. The number of rotatable bonds is 2. The maximum absolute atomic E-state index is 12.1. The molecule has 1 saturated carbocycles. The van der Waals surface area contributed by atoms with E-state index in [0.717, 1.165) is 30.2 Å². The molecule has 1 aliphatic carbocycles. The maximum atomic E-state index is 12.1. The van der Waals surface area contributed by atoms with Crippen LogP contribution in [0.4, 0.5) is 9.93 Å². The molecule has 0 aromatic carbocycles. The summed E-state index contributed by atoms with van der Waals surface area (Å²) in [5.74, 6) is 1.17. The Morgan fingerprint density at radius 2 is 2.20 bits per heavy atom. The Kier molecular flexibility index (Phi) is 3.61. The summed E-state index contributed by atoms with van der Waals surface area (Å²) >= 11 is 1.16. The third-order valence-electron chi connectivity index (χ3n) is 3.22. The van der Waals surface area contributed by atoms with Crippen molar-refractivity contribution in [1.29, 1.82) is 0 Å². The van der Waals surface area contributed by atoms with E-state index < -0.39 is 10.0 Å². The summed E-state index contributed by atoms with van der Waals surface area (Å²) in [5.41, 5.74) is 0. The van der Waals surface area contributed by atoms with Crippen molar-refractivity contribution in [2.45, 2.75) is 18.8 Å². The van der Waals surface area contributed by atoms with E-state index in [1.165, 1.54) is 4.90 Å². The van der Waals surface area contributed by atoms with Gasteiger partial charge in [0.05, 0.1) is 5.75 Å². The lowest BCUT2D eigenvalue weighted by Gasteiger charge is -2.18. The number of carbonyl (C=O) groups excluding carboxylic acids is 1. The number of urea groups is 1. The summed E-state index contributed by atoms with van der Waals surface area (Å²) in [6.07, 6.45) is 2.22. The zero-order valence-corrected chi connectivity index (χ0v) is 12.3. The third kappa shape index (κ3) is 3.25. The van der Waals surface area contributed by atoms with Crippen molar-refractivity contribution in [3.63, 3.8) is 0 Å². The van der Waals surface area contributed by atoms with Gasteiger partial charge in [0, 0.05) is 37.1 Å². The van der Waals surface area contributed by atoms with Gasteiger partial charge >= 0.3 is 6.03 Å². The van der Waals surface area contributed by atoms with Gasteiger partial charge in [0.15, 0.2) is 0 Å². The number of anilines is 1. The first-order chi connectivity index (χ1) is 9.53. The van der Waals surface area contributed by atoms with Crippen molar-refractivity contribution in [3.05, 3.63) is 5.82 Å². The van der Waals surface area contributed by atoms with Gasteiger partial charge in [-0.05, 0) is 12.8 Å². The molecule has 1 saturated heterocycles. The highest BCUT2D eigenvalue weighted by Crippen LogP contribution is 2.39. The maximum Gasteiger partial charge on any atom is 0.323 e. The molecule has 1 aromatic heterocycles. The van der Waals surface area contributed by atoms with E-state index >= 15 is 0 Å². The predicted molar refractivity (Wildman–Crippen MR) is 74.3 cm³/mol. The fraction of sp³-hybridized carbons (Fsp3) is 0.700. The van der Waals surface area contributed by atoms with E-state index in [1.54, 1.807) is 0 Å². The van der Waals surface area contributed by atoms with E-state index in [-0.39, 0.29) is 24.9 Å². The minimum absolute atomic E-state index is 0.0795. The predicted octanol–water partition coefficient (Wildman–Crippen LogP) is 0.182. The van der Waals surface area contributed by atoms with E-state index in [1.807, 2.05) is 0 Å². The second-order valence-electron chi connectivity index (χ2n) is 4.86. The van der Waals surface area contributed by atoms with Crippen LogP contribution in [0.15, 0.2) is 0 Å². The van der Waals surface area contributed by atoms with Crippen LogP contribution in [0.1, 0.15) is 24.6 Å². The molecule has 20 heavy (non-hydrogen) atoms. The SMILES string of the molecule is O=C(Nc1nc(C2CC2)ns1)N1CCNS(=O)(=O)CC1. The number of aromatic nitrogens is 2. The smallest absolute Gasteiger partial charge is 0.322 e. The number of nitrogens with one attached hydrogen (secondary N) is 2. The molecule has 0 radical (unpaired) electrons. The largest absolute Gasteiger partial charge is 0.323 e. The second kappa shape index (κ2) is 5.26. The lowest BCUT2D eigenvalue weighted by molar-refractivity contribution is 0.216. The summed E-state index contributed by atoms with van der Waals surface area (Å²) < 4.78 is 29.4. The minimum atomic E-state index is -3.25. The van der Waals surface area contributed by atoms with Gasteiger partial charge in [0.1, 0.15) is 5.82 Å². The van der Waals surface area contributed by atoms with Gasteiger partial charge in [-0.1, -0.05) is 0 Å². The van der Waals surface area contributed by atoms with Gasteiger partial charge < -0.3 is 4.90 Å². The van der Waals surface area contributed by atoms with Gasteiger partial charge in [-0.3, -0.25) is 5.32 Å². The molecule has 2 amide bonds. The van der Waals surface area contributed by atoms with Crippen molar-refractivity contribution in [2.75, 3.05) is 30.7 Å². The van der Waals surface area contributed by atoms with Gasteiger partial charge in [0.25, 0.3) is 0 Å². The molecule has 2 fully saturated rings. The van der Waals surface area contributed by atoms with Crippen LogP contribution < -0.4 is 10.0 Å². The summed E-state index contributed by atoms with van der Waals surface area (Å²) in [6.45, 7) is 0.758. The Morgan fingerprint density at radius 1 is 1.40 bits per heavy atom. The van der Waals surface area contributed by atoms with Gasteiger partial charge in [-0.15, -0.1) is 0 Å². The van der Waals surface area contributed by atoms with Crippen molar-refractivity contribution in [1.82, 2.24) is 19.0 Å². The van der Waals surface area contributed by atoms with Crippen LogP contribution in [0, 0.1) is 0 Å². The first kappa shape index (κ1) is 13.7. The van der Waals surface area contributed by atoms with Gasteiger partial charge in [0.2, 0.25) is 15.2 Å². The van der Waals surface area contributed by atoms with E-state index in [2.05, 4.69) is 19.4 Å². The molecule has 0 bridgehead atoms. The quantitative estimate of drug-likeness (QED) is 0.810. The average Bonchev–Trinajstić information content (AvgIpc) is 3.16. The molecule has 0 atom stereocenters. The molecule has 10 heteroatoms. The lowest BCUT2D eigenvalue weighted by atomic mass is 10.4.